The first-order valence-electron chi connectivity index (χ1n) is 23.0. The van der Waals surface area contributed by atoms with Crippen molar-refractivity contribution < 1.29 is 15.3 Å². The molecule has 0 bridgehead atoms. The monoisotopic (exact) mass is 838 g/mol. The summed E-state index contributed by atoms with van der Waals surface area (Å²) in [5, 5.41) is 48.2. The summed E-state index contributed by atoms with van der Waals surface area (Å²) < 4.78 is 0. The molecule has 3 N–H and O–H groups in total. The number of fused-ring (bicyclic) bond motifs is 4. The van der Waals surface area contributed by atoms with Crippen LogP contribution in [0.2, 0.25) is 0 Å². The molecule has 318 valence electrons. The quantitative estimate of drug-likeness (QED) is 0.128. The van der Waals surface area contributed by atoms with Crippen LogP contribution < -0.4 is 0 Å². The van der Waals surface area contributed by atoms with Gasteiger partial charge in [0.05, 0.1) is 0 Å². The van der Waals surface area contributed by atoms with Gasteiger partial charge in [0.1, 0.15) is 17.0 Å². The van der Waals surface area contributed by atoms with E-state index in [1.54, 1.807) is 0 Å². The second-order valence-electron chi connectivity index (χ2n) is 18.5. The molecule has 9 aromatic carbocycles. The highest BCUT2D eigenvalue weighted by molar-refractivity contribution is 5.87. The predicted octanol–water partition coefficient (Wildman–Crippen LogP) is 12.1. The van der Waals surface area contributed by atoms with Crippen LogP contribution in [0.5, 0.6) is 5.75 Å². The third-order valence-corrected chi connectivity index (χ3v) is 14.6. The highest BCUT2D eigenvalue weighted by atomic mass is 16.3. The molecule has 2 saturated heterocycles. The number of benzene rings is 9. The number of nitrogens with zero attached hydrogens (tertiary/aromatic N) is 2. The van der Waals surface area contributed by atoms with Crippen molar-refractivity contribution in [3.63, 3.8) is 0 Å². The van der Waals surface area contributed by atoms with Gasteiger partial charge in [0, 0.05) is 36.3 Å². The van der Waals surface area contributed by atoms with Gasteiger partial charge in [-0.2, -0.15) is 0 Å². The van der Waals surface area contributed by atoms with E-state index in [4.69, 9.17) is 0 Å². The van der Waals surface area contributed by atoms with Crippen molar-refractivity contribution in [3.05, 3.63) is 221 Å². The van der Waals surface area contributed by atoms with Crippen LogP contribution in [0.3, 0.4) is 0 Å². The van der Waals surface area contributed by atoms with Gasteiger partial charge in [0.15, 0.2) is 0 Å². The molecular formula is C59H54N2O3. The number of hydrogen-bond donors (Lipinski definition) is 3. The Labute approximate surface area is 375 Å². The molecule has 2 aliphatic rings. The smallest absolute Gasteiger partial charge is 0.130 e. The highest BCUT2D eigenvalue weighted by Gasteiger charge is 2.47. The van der Waals surface area contributed by atoms with Crippen molar-refractivity contribution in [3.8, 4) is 5.75 Å². The maximum atomic E-state index is 13.5. The number of likely N-dealkylation sites (tertiary alicyclic amines) is 2. The molecule has 0 saturated carbocycles. The highest BCUT2D eigenvalue weighted by Crippen LogP contribution is 2.46. The molecule has 11 rings (SSSR count). The summed E-state index contributed by atoms with van der Waals surface area (Å²) in [5.41, 5.74) is 3.66. The van der Waals surface area contributed by atoms with Crippen LogP contribution in [0.15, 0.2) is 182 Å². The molecule has 0 unspecified atom stereocenters. The van der Waals surface area contributed by atoms with Crippen molar-refractivity contribution >= 4 is 43.1 Å². The molecule has 2 fully saturated rings. The number of phenols is 1. The fourth-order valence-corrected chi connectivity index (χ4v) is 11.4. The van der Waals surface area contributed by atoms with Gasteiger partial charge < -0.3 is 15.3 Å². The maximum absolute atomic E-state index is 13.5. The summed E-state index contributed by atoms with van der Waals surface area (Å²) in [7, 11) is 0. The topological polar surface area (TPSA) is 67.2 Å². The molecular weight excluding hydrogens is 785 g/mol. The second-order valence-corrected chi connectivity index (χ2v) is 18.5. The van der Waals surface area contributed by atoms with E-state index in [0.717, 1.165) is 121 Å². The molecule has 0 spiro atoms. The second kappa shape index (κ2) is 16.3. The number of aryl methyl sites for hydroxylation is 1. The van der Waals surface area contributed by atoms with Crippen molar-refractivity contribution in [2.75, 3.05) is 13.1 Å². The standard InChI is InChI=1S/C59H54N2O3/c1-40-32-49(38-60-30-10-20-55(60)58(63,51-26-22-41-12-2-6-16-45(41)34-51)52-27-23-42-13-3-7-17-46(42)35-52)57(62)50(33-40)39-61-31-11-21-56(61)59(64,53-28-24-43-14-4-8-18-47(43)36-53)54-29-25-44-15-5-9-19-48(44)37-54/h2-9,12-19,22-29,32-37,55-56,62-64H,10-11,20-21,30-31,38-39H2,1H3/t55-,56-/m1/s1. The first-order valence-corrected chi connectivity index (χ1v) is 23.0. The van der Waals surface area contributed by atoms with Crippen LogP contribution in [0, 0.1) is 6.92 Å². The van der Waals surface area contributed by atoms with E-state index in [-0.39, 0.29) is 12.1 Å². The first-order chi connectivity index (χ1) is 31.3. The number of aliphatic hydroxyl groups is 2. The lowest BCUT2D eigenvalue weighted by molar-refractivity contribution is -0.00715. The molecule has 2 aliphatic heterocycles. The van der Waals surface area contributed by atoms with Crippen molar-refractivity contribution in [2.45, 2.75) is 69.0 Å². The molecule has 2 atom stereocenters. The lowest BCUT2D eigenvalue weighted by atomic mass is 9.77. The van der Waals surface area contributed by atoms with Gasteiger partial charge in [-0.1, -0.05) is 163 Å². The van der Waals surface area contributed by atoms with Crippen molar-refractivity contribution in [1.82, 2.24) is 9.80 Å². The summed E-state index contributed by atoms with van der Waals surface area (Å²) in [6.45, 7) is 4.70. The summed E-state index contributed by atoms with van der Waals surface area (Å²) in [4.78, 5) is 4.78. The van der Waals surface area contributed by atoms with E-state index < -0.39 is 11.2 Å². The van der Waals surface area contributed by atoms with E-state index in [9.17, 15) is 15.3 Å². The third-order valence-electron chi connectivity index (χ3n) is 14.6. The van der Waals surface area contributed by atoms with Gasteiger partial charge in [0.25, 0.3) is 0 Å². The van der Waals surface area contributed by atoms with Crippen LogP contribution in [0.25, 0.3) is 43.1 Å². The van der Waals surface area contributed by atoms with Crippen molar-refractivity contribution in [2.24, 2.45) is 0 Å². The van der Waals surface area contributed by atoms with E-state index >= 15 is 0 Å². The minimum atomic E-state index is -1.31. The van der Waals surface area contributed by atoms with Gasteiger partial charge in [-0.3, -0.25) is 9.80 Å². The maximum Gasteiger partial charge on any atom is 0.130 e. The van der Waals surface area contributed by atoms with Crippen LogP contribution >= 0.6 is 0 Å². The Balaban J connectivity index is 0.946. The largest absolute Gasteiger partial charge is 0.507 e. The molecule has 5 nitrogen and oxygen atoms in total. The van der Waals surface area contributed by atoms with E-state index in [2.05, 4.69) is 199 Å². The SMILES string of the molecule is Cc1cc(CN2CCC[C@@H]2C(O)(c2ccc3ccccc3c2)c2ccc3ccccc3c2)c(O)c(CN2CCC[C@@H]2C(O)(c2ccc3ccccc3c2)c2ccc3ccccc3c2)c1. The molecule has 0 aliphatic carbocycles. The molecule has 0 aromatic heterocycles. The number of rotatable bonds is 10. The molecule has 5 heteroatoms. The van der Waals surface area contributed by atoms with E-state index in [0.29, 0.717) is 18.8 Å². The van der Waals surface area contributed by atoms with Gasteiger partial charge in [-0.15, -0.1) is 0 Å². The number of hydrogen-bond acceptors (Lipinski definition) is 5. The van der Waals surface area contributed by atoms with E-state index in [1.807, 2.05) is 0 Å². The normalized spacial score (nSPS) is 17.6. The van der Waals surface area contributed by atoms with Crippen LogP contribution in [0.1, 0.15) is 64.6 Å². The van der Waals surface area contributed by atoms with Gasteiger partial charge in [-0.05, 0) is 135 Å². The third kappa shape index (κ3) is 7.04. The Bertz CT molecular complexity index is 2830. The Kier molecular flexibility index (Phi) is 10.3. The summed E-state index contributed by atoms with van der Waals surface area (Å²) in [6, 6.07) is 62.7. The molecule has 64 heavy (non-hydrogen) atoms. The zero-order chi connectivity index (χ0) is 43.4. The minimum absolute atomic E-state index is 0.236. The Morgan fingerprint density at radius 2 is 0.719 bits per heavy atom. The fourth-order valence-electron chi connectivity index (χ4n) is 11.4. The number of phenolic OH excluding ortho intramolecular Hbond substituents is 1. The minimum Gasteiger partial charge on any atom is -0.507 e. The average Bonchev–Trinajstić information content (AvgIpc) is 4.02. The van der Waals surface area contributed by atoms with Crippen LogP contribution in [-0.4, -0.2) is 50.3 Å². The van der Waals surface area contributed by atoms with Crippen LogP contribution in [0.4, 0.5) is 0 Å². The number of aromatic hydroxyl groups is 1. The average molecular weight is 839 g/mol. The zero-order valence-corrected chi connectivity index (χ0v) is 36.4. The van der Waals surface area contributed by atoms with E-state index in [1.165, 1.54) is 0 Å². The molecule has 9 aromatic rings. The molecule has 0 radical (unpaired) electrons. The zero-order valence-electron chi connectivity index (χ0n) is 36.4. The molecule has 0 amide bonds. The lowest BCUT2D eigenvalue weighted by Gasteiger charge is -2.41. The van der Waals surface area contributed by atoms with Gasteiger partial charge in [0.2, 0.25) is 0 Å². The predicted molar refractivity (Wildman–Crippen MR) is 261 cm³/mol. The summed E-state index contributed by atoms with van der Waals surface area (Å²) >= 11 is 0. The summed E-state index contributed by atoms with van der Waals surface area (Å²) in [5.74, 6) is 0.293. The Hall–Kier alpha value is -6.34. The lowest BCUT2D eigenvalue weighted by Crippen LogP contribution is -2.48. The molecule has 2 heterocycles. The van der Waals surface area contributed by atoms with Gasteiger partial charge in [-0.25, -0.2) is 0 Å². The van der Waals surface area contributed by atoms with Crippen LogP contribution in [-0.2, 0) is 24.3 Å². The van der Waals surface area contributed by atoms with Gasteiger partial charge >= 0.3 is 0 Å². The Morgan fingerprint density at radius 3 is 1.03 bits per heavy atom. The Morgan fingerprint density at radius 1 is 0.422 bits per heavy atom. The summed E-state index contributed by atoms with van der Waals surface area (Å²) in [6.07, 6.45) is 3.50. The van der Waals surface area contributed by atoms with Crippen molar-refractivity contribution in [1.29, 1.82) is 0 Å². The first kappa shape index (κ1) is 40.4. The fraction of sp³-hybridized carbons (Fsp3) is 0.220.